The number of rotatable bonds is 2. The molecular formula is C14H21N3O3S. The van der Waals surface area contributed by atoms with E-state index in [2.05, 4.69) is 10.2 Å². The van der Waals surface area contributed by atoms with Crippen LogP contribution in [0, 0.1) is 6.92 Å². The summed E-state index contributed by atoms with van der Waals surface area (Å²) in [6.07, 6.45) is 0.332. The van der Waals surface area contributed by atoms with Crippen LogP contribution >= 0.6 is 0 Å². The monoisotopic (exact) mass is 311 g/mol. The van der Waals surface area contributed by atoms with Crippen LogP contribution in [0.1, 0.15) is 32.9 Å². The minimum atomic E-state index is -1.25. The summed E-state index contributed by atoms with van der Waals surface area (Å²) < 4.78 is 17.8. The second-order valence-electron chi connectivity index (χ2n) is 6.15. The molecule has 0 unspecified atom stereocenters. The molecule has 1 aromatic heterocycles. The fourth-order valence-electron chi connectivity index (χ4n) is 2.06. The van der Waals surface area contributed by atoms with Gasteiger partial charge < -0.3 is 9.64 Å². The lowest BCUT2D eigenvalue weighted by molar-refractivity contribution is 0.0295. The van der Waals surface area contributed by atoms with Crippen LogP contribution in [-0.4, -0.2) is 49.3 Å². The van der Waals surface area contributed by atoms with E-state index in [0.717, 1.165) is 5.69 Å². The first-order valence-electron chi connectivity index (χ1n) is 6.95. The number of likely N-dealkylation sites (tertiary alicyclic amines) is 1. The van der Waals surface area contributed by atoms with Crippen molar-refractivity contribution in [2.45, 2.75) is 50.0 Å². The highest BCUT2D eigenvalue weighted by Crippen LogP contribution is 2.21. The van der Waals surface area contributed by atoms with Gasteiger partial charge in [0.05, 0.1) is 21.7 Å². The van der Waals surface area contributed by atoms with Crippen LogP contribution in [0.5, 0.6) is 0 Å². The van der Waals surface area contributed by atoms with Gasteiger partial charge in [-0.25, -0.2) is 4.79 Å². The molecule has 1 aliphatic heterocycles. The van der Waals surface area contributed by atoms with Gasteiger partial charge in [-0.1, -0.05) is 0 Å². The van der Waals surface area contributed by atoms with Gasteiger partial charge in [-0.3, -0.25) is 4.21 Å². The molecule has 1 aliphatic rings. The molecule has 2 atom stereocenters. The van der Waals surface area contributed by atoms with Crippen molar-refractivity contribution in [2.75, 3.05) is 13.1 Å². The van der Waals surface area contributed by atoms with Crippen molar-refractivity contribution in [1.82, 2.24) is 15.1 Å². The number of aromatic nitrogens is 2. The zero-order chi connectivity index (χ0) is 15.6. The molecule has 1 amide bonds. The molecule has 7 heteroatoms. The van der Waals surface area contributed by atoms with Gasteiger partial charge in [-0.2, -0.15) is 5.10 Å². The molecule has 21 heavy (non-hydrogen) atoms. The molecule has 0 bridgehead atoms. The Hall–Kier alpha value is -1.50. The summed E-state index contributed by atoms with van der Waals surface area (Å²) in [6.45, 7) is 8.32. The number of nitrogens with zero attached hydrogens (tertiary/aromatic N) is 3. The van der Waals surface area contributed by atoms with Gasteiger partial charge in [0, 0.05) is 13.1 Å². The highest BCUT2D eigenvalue weighted by Gasteiger charge is 2.33. The second kappa shape index (κ2) is 6.09. The molecule has 0 spiro atoms. The van der Waals surface area contributed by atoms with Crippen LogP contribution in [0.25, 0.3) is 0 Å². The Morgan fingerprint density at radius 2 is 2.10 bits per heavy atom. The van der Waals surface area contributed by atoms with Crippen molar-refractivity contribution in [3.63, 3.8) is 0 Å². The number of hydrogen-bond acceptors (Lipinski definition) is 5. The zero-order valence-corrected chi connectivity index (χ0v) is 13.6. The number of carbonyl (C=O) groups is 1. The Morgan fingerprint density at radius 3 is 2.67 bits per heavy atom. The van der Waals surface area contributed by atoms with Crippen LogP contribution in [-0.2, 0) is 15.5 Å². The van der Waals surface area contributed by atoms with E-state index in [1.165, 1.54) is 0 Å². The largest absolute Gasteiger partial charge is 0.444 e. The summed E-state index contributed by atoms with van der Waals surface area (Å²) in [6, 6.07) is 3.52. The van der Waals surface area contributed by atoms with E-state index in [1.54, 1.807) is 17.0 Å². The fraction of sp³-hybridized carbons (Fsp3) is 0.643. The highest BCUT2D eigenvalue weighted by molar-refractivity contribution is 7.85. The first-order chi connectivity index (χ1) is 9.76. The van der Waals surface area contributed by atoms with E-state index in [0.29, 0.717) is 24.5 Å². The number of hydrogen-bond donors (Lipinski definition) is 0. The number of carbonyl (C=O) groups excluding carboxylic acids is 1. The van der Waals surface area contributed by atoms with Gasteiger partial charge in [0.15, 0.2) is 0 Å². The normalized spacial score (nSPS) is 20.4. The van der Waals surface area contributed by atoms with Gasteiger partial charge in [-0.15, -0.1) is 5.10 Å². The molecular weight excluding hydrogens is 290 g/mol. The van der Waals surface area contributed by atoms with Gasteiger partial charge >= 0.3 is 6.09 Å². The lowest BCUT2D eigenvalue weighted by Gasteiger charge is -2.24. The minimum Gasteiger partial charge on any atom is -0.444 e. The molecule has 0 aliphatic carbocycles. The predicted octanol–water partition coefficient (Wildman–Crippen LogP) is 1.90. The molecule has 0 radical (unpaired) electrons. The molecule has 6 nitrogen and oxygen atoms in total. The molecule has 1 saturated heterocycles. The summed E-state index contributed by atoms with van der Waals surface area (Å²) in [4.78, 5) is 13.6. The van der Waals surface area contributed by atoms with Crippen molar-refractivity contribution in [2.24, 2.45) is 0 Å². The van der Waals surface area contributed by atoms with E-state index in [-0.39, 0.29) is 11.3 Å². The van der Waals surface area contributed by atoms with E-state index in [9.17, 15) is 9.00 Å². The lowest BCUT2D eigenvalue weighted by Crippen LogP contribution is -2.36. The minimum absolute atomic E-state index is 0.116. The third-order valence-corrected chi connectivity index (χ3v) is 4.70. The Kier molecular flexibility index (Phi) is 4.61. The topological polar surface area (TPSA) is 72.4 Å². The summed E-state index contributed by atoms with van der Waals surface area (Å²) >= 11 is 0. The highest BCUT2D eigenvalue weighted by atomic mass is 32.2. The molecule has 0 aromatic carbocycles. The maximum Gasteiger partial charge on any atom is 0.410 e. The van der Waals surface area contributed by atoms with Gasteiger partial charge in [-0.05, 0) is 46.2 Å². The predicted molar refractivity (Wildman–Crippen MR) is 79.4 cm³/mol. The van der Waals surface area contributed by atoms with E-state index in [4.69, 9.17) is 4.74 Å². The SMILES string of the molecule is Cc1ccc([S@@](=O)[C@@H]2CCN(C(=O)OC(C)(C)C)C2)nn1. The van der Waals surface area contributed by atoms with Crippen LogP contribution < -0.4 is 0 Å². The van der Waals surface area contributed by atoms with Crippen molar-refractivity contribution >= 4 is 16.9 Å². The van der Waals surface area contributed by atoms with E-state index in [1.807, 2.05) is 27.7 Å². The van der Waals surface area contributed by atoms with E-state index >= 15 is 0 Å². The third kappa shape index (κ3) is 4.23. The van der Waals surface area contributed by atoms with Crippen LogP contribution in [0.3, 0.4) is 0 Å². The Balaban J connectivity index is 1.97. The van der Waals surface area contributed by atoms with Crippen LogP contribution in [0.2, 0.25) is 0 Å². The number of amides is 1. The molecule has 1 fully saturated rings. The van der Waals surface area contributed by atoms with Gasteiger partial charge in [0.25, 0.3) is 0 Å². The molecule has 1 aromatic rings. The lowest BCUT2D eigenvalue weighted by atomic mass is 10.2. The maximum absolute atomic E-state index is 12.4. The van der Waals surface area contributed by atoms with Crippen LogP contribution in [0.15, 0.2) is 17.2 Å². The van der Waals surface area contributed by atoms with Gasteiger partial charge in [0.2, 0.25) is 0 Å². The first-order valence-corrected chi connectivity index (χ1v) is 8.16. The fourth-order valence-corrected chi connectivity index (χ4v) is 3.36. The average molecular weight is 311 g/mol. The Morgan fingerprint density at radius 1 is 1.38 bits per heavy atom. The summed E-state index contributed by atoms with van der Waals surface area (Å²) in [7, 11) is -1.25. The Labute approximate surface area is 127 Å². The standard InChI is InChI=1S/C14H21N3O3S/c1-10-5-6-12(16-15-10)21(19)11-7-8-17(9-11)13(18)20-14(2,3)4/h5-6,11H,7-9H2,1-4H3/t11-,21+/m1/s1. The molecule has 0 saturated carbocycles. The quantitative estimate of drug-likeness (QED) is 0.834. The van der Waals surface area contributed by atoms with Crippen molar-refractivity contribution in [3.05, 3.63) is 17.8 Å². The van der Waals surface area contributed by atoms with Crippen LogP contribution in [0.4, 0.5) is 4.79 Å². The van der Waals surface area contributed by atoms with Crippen molar-refractivity contribution < 1.29 is 13.7 Å². The maximum atomic E-state index is 12.4. The van der Waals surface area contributed by atoms with Crippen molar-refractivity contribution in [1.29, 1.82) is 0 Å². The number of ether oxygens (including phenoxy) is 1. The zero-order valence-electron chi connectivity index (χ0n) is 12.8. The first kappa shape index (κ1) is 15.9. The molecule has 2 heterocycles. The Bertz CT molecular complexity index is 539. The molecule has 116 valence electrons. The number of aryl methyl sites for hydroxylation is 1. The van der Waals surface area contributed by atoms with E-state index < -0.39 is 16.4 Å². The summed E-state index contributed by atoms with van der Waals surface area (Å²) in [5, 5.41) is 8.25. The van der Waals surface area contributed by atoms with Crippen molar-refractivity contribution in [3.8, 4) is 0 Å². The molecule has 2 rings (SSSR count). The second-order valence-corrected chi connectivity index (χ2v) is 7.83. The summed E-state index contributed by atoms with van der Waals surface area (Å²) in [5.74, 6) is 0. The van der Waals surface area contributed by atoms with Gasteiger partial charge in [0.1, 0.15) is 10.6 Å². The summed E-state index contributed by atoms with van der Waals surface area (Å²) in [5.41, 5.74) is 0.272. The average Bonchev–Trinajstić information content (AvgIpc) is 2.86. The third-order valence-electron chi connectivity index (χ3n) is 3.08. The molecule has 0 N–H and O–H groups in total. The smallest absolute Gasteiger partial charge is 0.410 e.